The average molecular weight is 299 g/mol. The molecule has 4 heteroatoms. The highest BCUT2D eigenvalue weighted by atomic mass is 16.3. The number of carbonyl (C=O) groups excluding carboxylic acids is 1. The highest BCUT2D eigenvalue weighted by Crippen LogP contribution is 2.29. The Morgan fingerprint density at radius 1 is 1.18 bits per heavy atom. The number of nitrogens with one attached hydrogen (secondary N) is 1. The summed E-state index contributed by atoms with van der Waals surface area (Å²) < 4.78 is 0. The number of phenolic OH excluding ortho intramolecular Hbond substituents is 1. The maximum atomic E-state index is 12.3. The van der Waals surface area contributed by atoms with Crippen LogP contribution in [0.25, 0.3) is 10.8 Å². The van der Waals surface area contributed by atoms with E-state index in [-0.39, 0.29) is 17.8 Å². The van der Waals surface area contributed by atoms with Gasteiger partial charge in [0.05, 0.1) is 11.7 Å². The SMILES string of the molecule is O=C(NCC1CCCC(O)C1)c1ccc2ccccc2c1O. The van der Waals surface area contributed by atoms with Crippen molar-refractivity contribution in [2.75, 3.05) is 6.54 Å². The summed E-state index contributed by atoms with van der Waals surface area (Å²) in [4.78, 5) is 12.3. The van der Waals surface area contributed by atoms with Gasteiger partial charge in [0.2, 0.25) is 0 Å². The lowest BCUT2D eigenvalue weighted by molar-refractivity contribution is 0.0872. The van der Waals surface area contributed by atoms with E-state index in [4.69, 9.17) is 0 Å². The Balaban J connectivity index is 1.71. The number of fused-ring (bicyclic) bond motifs is 1. The zero-order valence-electron chi connectivity index (χ0n) is 12.5. The zero-order valence-corrected chi connectivity index (χ0v) is 12.5. The Kier molecular flexibility index (Phi) is 4.29. The van der Waals surface area contributed by atoms with E-state index in [1.807, 2.05) is 24.3 Å². The fourth-order valence-electron chi connectivity index (χ4n) is 3.22. The minimum atomic E-state index is -0.261. The first kappa shape index (κ1) is 14.9. The molecule has 2 aromatic carbocycles. The lowest BCUT2D eigenvalue weighted by Crippen LogP contribution is -2.33. The van der Waals surface area contributed by atoms with E-state index in [2.05, 4.69) is 5.32 Å². The summed E-state index contributed by atoms with van der Waals surface area (Å²) in [5, 5.41) is 24.4. The van der Waals surface area contributed by atoms with Crippen molar-refractivity contribution >= 4 is 16.7 Å². The van der Waals surface area contributed by atoms with Gasteiger partial charge in [-0.15, -0.1) is 0 Å². The second-order valence-electron chi connectivity index (χ2n) is 6.08. The normalized spacial score (nSPS) is 21.7. The average Bonchev–Trinajstić information content (AvgIpc) is 2.53. The molecule has 1 saturated carbocycles. The van der Waals surface area contributed by atoms with Crippen LogP contribution in [0.3, 0.4) is 0 Å². The molecule has 1 aliphatic carbocycles. The van der Waals surface area contributed by atoms with Crippen LogP contribution < -0.4 is 5.32 Å². The van der Waals surface area contributed by atoms with Crippen molar-refractivity contribution in [3.05, 3.63) is 42.0 Å². The van der Waals surface area contributed by atoms with E-state index in [1.165, 1.54) is 0 Å². The van der Waals surface area contributed by atoms with E-state index in [1.54, 1.807) is 12.1 Å². The summed E-state index contributed by atoms with van der Waals surface area (Å²) in [6.07, 6.45) is 3.38. The molecular formula is C18H21NO3. The predicted octanol–water partition coefficient (Wildman–Crippen LogP) is 2.83. The monoisotopic (exact) mass is 299 g/mol. The van der Waals surface area contributed by atoms with Gasteiger partial charge in [-0.25, -0.2) is 0 Å². The van der Waals surface area contributed by atoms with E-state index in [9.17, 15) is 15.0 Å². The molecule has 4 nitrogen and oxygen atoms in total. The molecule has 0 bridgehead atoms. The fraction of sp³-hybridized carbons (Fsp3) is 0.389. The van der Waals surface area contributed by atoms with Gasteiger partial charge in [0.15, 0.2) is 0 Å². The first-order chi connectivity index (χ1) is 10.6. The maximum Gasteiger partial charge on any atom is 0.255 e. The van der Waals surface area contributed by atoms with Crippen LogP contribution >= 0.6 is 0 Å². The van der Waals surface area contributed by atoms with Crippen LogP contribution in [0.2, 0.25) is 0 Å². The summed E-state index contributed by atoms with van der Waals surface area (Å²) in [5.74, 6) is 0.0814. The van der Waals surface area contributed by atoms with Crippen LogP contribution in [-0.2, 0) is 0 Å². The third-order valence-corrected chi connectivity index (χ3v) is 4.45. The van der Waals surface area contributed by atoms with Crippen LogP contribution in [0.5, 0.6) is 5.75 Å². The van der Waals surface area contributed by atoms with Crippen molar-refractivity contribution in [1.82, 2.24) is 5.32 Å². The topological polar surface area (TPSA) is 69.6 Å². The molecule has 2 aromatic rings. The largest absolute Gasteiger partial charge is 0.506 e. The van der Waals surface area contributed by atoms with Crippen molar-refractivity contribution in [2.45, 2.75) is 31.8 Å². The molecule has 3 rings (SSSR count). The molecule has 1 amide bonds. The van der Waals surface area contributed by atoms with Crippen LogP contribution in [-0.4, -0.2) is 28.8 Å². The van der Waals surface area contributed by atoms with Crippen LogP contribution in [0, 0.1) is 5.92 Å². The molecular weight excluding hydrogens is 278 g/mol. The van der Waals surface area contributed by atoms with Crippen molar-refractivity contribution in [3.8, 4) is 5.75 Å². The molecule has 22 heavy (non-hydrogen) atoms. The number of benzene rings is 2. The second-order valence-corrected chi connectivity index (χ2v) is 6.08. The number of aliphatic hydroxyl groups excluding tert-OH is 1. The number of amides is 1. The molecule has 0 spiro atoms. The minimum absolute atomic E-state index is 0.0271. The van der Waals surface area contributed by atoms with Gasteiger partial charge < -0.3 is 15.5 Å². The highest BCUT2D eigenvalue weighted by Gasteiger charge is 2.21. The van der Waals surface area contributed by atoms with Crippen molar-refractivity contribution in [1.29, 1.82) is 0 Å². The molecule has 3 N–H and O–H groups in total. The second kappa shape index (κ2) is 6.36. The van der Waals surface area contributed by atoms with E-state index in [0.29, 0.717) is 23.4 Å². The van der Waals surface area contributed by atoms with Gasteiger partial charge >= 0.3 is 0 Å². The van der Waals surface area contributed by atoms with Crippen LogP contribution in [0.15, 0.2) is 36.4 Å². The Labute approximate surface area is 129 Å². The Hall–Kier alpha value is -2.07. The van der Waals surface area contributed by atoms with Crippen LogP contribution in [0.1, 0.15) is 36.0 Å². The molecule has 0 aliphatic heterocycles. The third kappa shape index (κ3) is 3.07. The number of hydrogen-bond acceptors (Lipinski definition) is 3. The van der Waals surface area contributed by atoms with Gasteiger partial charge in [-0.1, -0.05) is 36.8 Å². The standard InChI is InChI=1S/C18H21NO3/c20-14-6-3-4-12(10-14)11-19-18(22)16-9-8-13-5-1-2-7-15(13)17(16)21/h1-2,5,7-9,12,14,20-21H,3-4,6,10-11H2,(H,19,22). The quantitative estimate of drug-likeness (QED) is 0.816. The highest BCUT2D eigenvalue weighted by molar-refractivity contribution is 6.03. The zero-order chi connectivity index (χ0) is 15.5. The van der Waals surface area contributed by atoms with Crippen molar-refractivity contribution in [3.63, 3.8) is 0 Å². The van der Waals surface area contributed by atoms with Gasteiger partial charge in [0, 0.05) is 11.9 Å². The molecule has 116 valence electrons. The number of aromatic hydroxyl groups is 1. The molecule has 0 saturated heterocycles. The summed E-state index contributed by atoms with van der Waals surface area (Å²) in [6.45, 7) is 0.544. The van der Waals surface area contributed by atoms with E-state index < -0.39 is 0 Å². The first-order valence-corrected chi connectivity index (χ1v) is 7.82. The number of hydrogen-bond donors (Lipinski definition) is 3. The van der Waals surface area contributed by atoms with Gasteiger partial charge in [-0.2, -0.15) is 0 Å². The van der Waals surface area contributed by atoms with Crippen molar-refractivity contribution in [2.24, 2.45) is 5.92 Å². The lowest BCUT2D eigenvalue weighted by Gasteiger charge is -2.25. The smallest absolute Gasteiger partial charge is 0.255 e. The Bertz CT molecular complexity index is 683. The first-order valence-electron chi connectivity index (χ1n) is 7.82. The Morgan fingerprint density at radius 2 is 2.00 bits per heavy atom. The maximum absolute atomic E-state index is 12.3. The molecule has 0 aromatic heterocycles. The van der Waals surface area contributed by atoms with Gasteiger partial charge in [-0.3, -0.25) is 4.79 Å². The van der Waals surface area contributed by atoms with Crippen molar-refractivity contribution < 1.29 is 15.0 Å². The van der Waals surface area contributed by atoms with Gasteiger partial charge in [0.25, 0.3) is 5.91 Å². The number of phenols is 1. The molecule has 2 unspecified atom stereocenters. The Morgan fingerprint density at radius 3 is 2.82 bits per heavy atom. The molecule has 0 heterocycles. The number of aliphatic hydroxyl groups is 1. The summed E-state index contributed by atoms with van der Waals surface area (Å²) >= 11 is 0. The molecule has 1 fully saturated rings. The minimum Gasteiger partial charge on any atom is -0.506 e. The summed E-state index contributed by atoms with van der Waals surface area (Å²) in [7, 11) is 0. The molecule has 2 atom stereocenters. The number of rotatable bonds is 3. The van der Waals surface area contributed by atoms with E-state index >= 15 is 0 Å². The van der Waals surface area contributed by atoms with Gasteiger partial charge in [-0.05, 0) is 36.6 Å². The van der Waals surface area contributed by atoms with Gasteiger partial charge in [0.1, 0.15) is 5.75 Å². The molecule has 0 radical (unpaired) electrons. The van der Waals surface area contributed by atoms with Crippen LogP contribution in [0.4, 0.5) is 0 Å². The third-order valence-electron chi connectivity index (χ3n) is 4.45. The fourth-order valence-corrected chi connectivity index (χ4v) is 3.22. The molecule has 1 aliphatic rings. The summed E-state index contributed by atoms with van der Waals surface area (Å²) in [5.41, 5.74) is 0.301. The number of carbonyl (C=O) groups is 1. The summed E-state index contributed by atoms with van der Waals surface area (Å²) in [6, 6.07) is 10.9. The lowest BCUT2D eigenvalue weighted by atomic mass is 9.87. The predicted molar refractivity (Wildman–Crippen MR) is 85.9 cm³/mol. The van der Waals surface area contributed by atoms with E-state index in [0.717, 1.165) is 31.1 Å².